The summed E-state index contributed by atoms with van der Waals surface area (Å²) in [5.74, 6) is 0.711. The van der Waals surface area contributed by atoms with E-state index in [1.54, 1.807) is 0 Å². The molecule has 0 unspecified atom stereocenters. The molecule has 6 heteroatoms. The smallest absolute Gasteiger partial charge is 0.160 e. The largest absolute Gasteiger partial charge is 0.247 e. The van der Waals surface area contributed by atoms with Crippen LogP contribution < -0.4 is 0 Å². The second kappa shape index (κ2) is 11.6. The van der Waals surface area contributed by atoms with Crippen molar-refractivity contribution in [3.05, 3.63) is 151 Å². The first-order valence-corrected chi connectivity index (χ1v) is 16.3. The van der Waals surface area contributed by atoms with Gasteiger partial charge < -0.3 is 0 Å². The van der Waals surface area contributed by atoms with Crippen LogP contribution in [0, 0.1) is 13.8 Å². The lowest BCUT2D eigenvalue weighted by Gasteiger charge is -2.12. The third kappa shape index (κ3) is 5.20. The zero-order valence-corrected chi connectivity index (χ0v) is 26.9. The van der Waals surface area contributed by atoms with Crippen molar-refractivity contribution in [1.82, 2.24) is 25.3 Å². The van der Waals surface area contributed by atoms with Gasteiger partial charge in [0.15, 0.2) is 5.82 Å². The number of fused-ring (bicyclic) bond motifs is 5. The molecule has 0 N–H and O–H groups in total. The lowest BCUT2D eigenvalue weighted by atomic mass is 9.97. The van der Waals surface area contributed by atoms with Gasteiger partial charge in [0.05, 0.1) is 22.6 Å². The van der Waals surface area contributed by atoms with Crippen molar-refractivity contribution in [3.63, 3.8) is 0 Å². The van der Waals surface area contributed by atoms with Crippen LogP contribution in [0.2, 0.25) is 0 Å². The van der Waals surface area contributed by atoms with E-state index >= 15 is 0 Å². The quantitative estimate of drug-likeness (QED) is 0.176. The summed E-state index contributed by atoms with van der Waals surface area (Å²) in [6.07, 6.45) is 0. The normalized spacial score (nSPS) is 11.5. The van der Waals surface area contributed by atoms with Crippen LogP contribution >= 0.6 is 0 Å². The minimum atomic E-state index is 0.711. The van der Waals surface area contributed by atoms with Gasteiger partial charge in [0, 0.05) is 38.4 Å². The average molecular weight is 632 g/mol. The molecule has 0 saturated carbocycles. The molecule has 3 heterocycles. The Balaban J connectivity index is 1.07. The Bertz CT molecular complexity index is 2580. The Hall–Kier alpha value is -6.53. The fourth-order valence-corrected chi connectivity index (χ4v) is 6.46. The Kier molecular flexibility index (Phi) is 6.80. The van der Waals surface area contributed by atoms with Gasteiger partial charge >= 0.3 is 0 Å². The van der Waals surface area contributed by atoms with Gasteiger partial charge in [-0.1, -0.05) is 126 Å². The molecule has 6 nitrogen and oxygen atoms in total. The minimum absolute atomic E-state index is 0.711. The maximum atomic E-state index is 5.10. The fraction of sp³-hybridized carbons (Fsp3) is 0.0465. The van der Waals surface area contributed by atoms with Gasteiger partial charge in [-0.25, -0.2) is 19.6 Å². The van der Waals surface area contributed by atoms with E-state index in [2.05, 4.69) is 139 Å². The number of aromatic nitrogens is 5. The Morgan fingerprint density at radius 2 is 0.980 bits per heavy atom. The van der Waals surface area contributed by atoms with E-state index in [0.29, 0.717) is 5.82 Å². The summed E-state index contributed by atoms with van der Waals surface area (Å²) in [4.78, 5) is 15.1. The number of nitrogens with zero attached hydrogens (tertiary/aromatic N) is 5. The molecule has 0 amide bonds. The number of hydrogen-bond acceptors (Lipinski definition) is 6. The third-order valence-corrected chi connectivity index (χ3v) is 9.14. The first-order chi connectivity index (χ1) is 24.1. The standard InChI is InChI=1S/C43H29N5O/c1-26-7-11-30(12-8-26)38-25-39(46-43(45-38)33-13-9-27(2)10-14-33)31-19-15-28(16-20-31)29-17-21-32(22-18-29)41-35-23-24-37-42(48-49-47-37)40(35)34-5-3-4-6-36(34)44-41/h3-25H,1-2H3. The van der Waals surface area contributed by atoms with Crippen LogP contribution in [-0.2, 0) is 0 Å². The molecular weight excluding hydrogens is 603 g/mol. The van der Waals surface area contributed by atoms with E-state index in [1.807, 2.05) is 24.3 Å². The Morgan fingerprint density at radius 1 is 0.429 bits per heavy atom. The highest BCUT2D eigenvalue weighted by molar-refractivity contribution is 6.20. The molecule has 49 heavy (non-hydrogen) atoms. The molecule has 0 aliphatic carbocycles. The fourth-order valence-electron chi connectivity index (χ4n) is 6.46. The number of hydrogen-bond donors (Lipinski definition) is 0. The number of benzene rings is 6. The van der Waals surface area contributed by atoms with Gasteiger partial charge in [-0.3, -0.25) is 0 Å². The molecule has 0 bridgehead atoms. The van der Waals surface area contributed by atoms with E-state index < -0.39 is 0 Å². The summed E-state index contributed by atoms with van der Waals surface area (Å²) in [7, 11) is 0. The van der Waals surface area contributed by atoms with Crippen molar-refractivity contribution < 1.29 is 4.63 Å². The van der Waals surface area contributed by atoms with E-state index in [9.17, 15) is 0 Å². The predicted octanol–water partition coefficient (Wildman–Crippen LogP) is 10.7. The van der Waals surface area contributed by atoms with E-state index in [4.69, 9.17) is 19.6 Å². The summed E-state index contributed by atoms with van der Waals surface area (Å²) >= 11 is 0. The van der Waals surface area contributed by atoms with Crippen molar-refractivity contribution in [1.29, 1.82) is 0 Å². The topological polar surface area (TPSA) is 77.6 Å². The maximum absolute atomic E-state index is 5.10. The first kappa shape index (κ1) is 28.7. The van der Waals surface area contributed by atoms with Gasteiger partial charge in [-0.15, -0.1) is 0 Å². The number of pyridine rings is 1. The highest BCUT2D eigenvalue weighted by Crippen LogP contribution is 2.37. The van der Waals surface area contributed by atoms with Gasteiger partial charge in [-0.05, 0) is 59.6 Å². The van der Waals surface area contributed by atoms with Crippen LogP contribution in [0.3, 0.4) is 0 Å². The summed E-state index contributed by atoms with van der Waals surface area (Å²) in [5, 5.41) is 11.4. The minimum Gasteiger partial charge on any atom is -0.247 e. The molecule has 0 saturated heterocycles. The van der Waals surface area contributed by atoms with Crippen LogP contribution in [0.15, 0.2) is 144 Å². The van der Waals surface area contributed by atoms with Crippen LogP contribution in [0.1, 0.15) is 11.1 Å². The molecule has 0 radical (unpaired) electrons. The van der Waals surface area contributed by atoms with Gasteiger partial charge in [0.2, 0.25) is 0 Å². The van der Waals surface area contributed by atoms with Crippen molar-refractivity contribution in [3.8, 4) is 56.3 Å². The highest BCUT2D eigenvalue weighted by atomic mass is 16.6. The molecule has 9 rings (SSSR count). The summed E-state index contributed by atoms with van der Waals surface area (Å²) in [5.41, 5.74) is 13.8. The number of aryl methyl sites for hydroxylation is 2. The second-order valence-corrected chi connectivity index (χ2v) is 12.4. The number of para-hydroxylation sites is 1. The predicted molar refractivity (Wildman–Crippen MR) is 197 cm³/mol. The zero-order valence-electron chi connectivity index (χ0n) is 26.9. The summed E-state index contributed by atoms with van der Waals surface area (Å²) in [6.45, 7) is 4.18. The molecular formula is C43H29N5O. The molecule has 9 aromatic rings. The van der Waals surface area contributed by atoms with E-state index in [-0.39, 0.29) is 0 Å². The third-order valence-electron chi connectivity index (χ3n) is 9.14. The van der Waals surface area contributed by atoms with Crippen LogP contribution in [0.25, 0.3) is 89.0 Å². The number of rotatable bonds is 5. The van der Waals surface area contributed by atoms with Gasteiger partial charge in [0.1, 0.15) is 11.0 Å². The zero-order chi connectivity index (χ0) is 32.9. The van der Waals surface area contributed by atoms with E-state index in [0.717, 1.165) is 83.2 Å². The van der Waals surface area contributed by atoms with Crippen LogP contribution in [0.5, 0.6) is 0 Å². The lowest BCUT2D eigenvalue weighted by Crippen LogP contribution is -1.96. The lowest BCUT2D eigenvalue weighted by molar-refractivity contribution is 0.316. The average Bonchev–Trinajstić information content (AvgIpc) is 3.64. The Morgan fingerprint density at radius 3 is 1.63 bits per heavy atom. The molecule has 0 atom stereocenters. The van der Waals surface area contributed by atoms with Gasteiger partial charge in [0.25, 0.3) is 0 Å². The maximum Gasteiger partial charge on any atom is 0.160 e. The van der Waals surface area contributed by atoms with Crippen LogP contribution in [-0.4, -0.2) is 25.3 Å². The highest BCUT2D eigenvalue weighted by Gasteiger charge is 2.16. The summed E-state index contributed by atoms with van der Waals surface area (Å²) in [6, 6.07) is 48.2. The molecule has 3 aromatic heterocycles. The SMILES string of the molecule is Cc1ccc(-c2cc(-c3ccc(-c4ccc(-c5nc6ccccc6c6c5ccc5nonc56)cc4)cc3)nc(-c3ccc(C)cc3)n2)cc1. The molecule has 0 aliphatic heterocycles. The molecule has 0 spiro atoms. The monoisotopic (exact) mass is 631 g/mol. The molecule has 6 aromatic carbocycles. The second-order valence-electron chi connectivity index (χ2n) is 12.4. The van der Waals surface area contributed by atoms with E-state index in [1.165, 1.54) is 11.1 Å². The van der Waals surface area contributed by atoms with Crippen molar-refractivity contribution in [2.45, 2.75) is 13.8 Å². The van der Waals surface area contributed by atoms with Crippen molar-refractivity contribution in [2.75, 3.05) is 0 Å². The molecule has 232 valence electrons. The molecule has 0 fully saturated rings. The first-order valence-electron chi connectivity index (χ1n) is 16.3. The van der Waals surface area contributed by atoms with Crippen LogP contribution in [0.4, 0.5) is 0 Å². The molecule has 0 aliphatic rings. The Labute approximate surface area is 282 Å². The van der Waals surface area contributed by atoms with Crippen molar-refractivity contribution >= 4 is 32.7 Å². The van der Waals surface area contributed by atoms with Crippen molar-refractivity contribution in [2.24, 2.45) is 0 Å². The van der Waals surface area contributed by atoms with Gasteiger partial charge in [-0.2, -0.15) is 0 Å². The summed E-state index contributed by atoms with van der Waals surface area (Å²) < 4.78 is 5.10.